The van der Waals surface area contributed by atoms with E-state index in [1.165, 1.54) is 12.5 Å². The molecule has 0 aromatic heterocycles. The molecule has 0 spiro atoms. The van der Waals surface area contributed by atoms with Gasteiger partial charge in [0.25, 0.3) is 5.91 Å². The fourth-order valence-corrected chi connectivity index (χ4v) is 2.88. The Kier molecular flexibility index (Phi) is 3.74. The van der Waals surface area contributed by atoms with E-state index in [1.807, 2.05) is 4.90 Å². The third-order valence-corrected chi connectivity index (χ3v) is 4.23. The van der Waals surface area contributed by atoms with Gasteiger partial charge in [0.1, 0.15) is 5.82 Å². The summed E-state index contributed by atoms with van der Waals surface area (Å²) in [5.41, 5.74) is 1.14. The zero-order valence-corrected chi connectivity index (χ0v) is 11.9. The third kappa shape index (κ3) is 2.85. The molecule has 1 aliphatic heterocycles. The number of nitrogens with one attached hydrogen (secondary N) is 1. The lowest BCUT2D eigenvalue weighted by molar-refractivity contribution is 0.0728. The molecule has 1 saturated carbocycles. The number of carbonyl (C=O) groups excluding carboxylic acids is 1. The lowest BCUT2D eigenvalue weighted by Gasteiger charge is -2.26. The Morgan fingerprint density at radius 1 is 1.40 bits per heavy atom. The first-order chi connectivity index (χ1) is 9.65. The minimum atomic E-state index is -0.253. The van der Waals surface area contributed by atoms with Crippen LogP contribution in [-0.4, -0.2) is 36.0 Å². The Balaban J connectivity index is 1.75. The van der Waals surface area contributed by atoms with Crippen LogP contribution in [0.15, 0.2) is 18.2 Å². The highest BCUT2D eigenvalue weighted by molar-refractivity contribution is 5.94. The molecular formula is C16H21FN2O. The highest BCUT2D eigenvalue weighted by atomic mass is 19.1. The number of nitrogens with zero attached hydrogens (tertiary/aromatic N) is 1. The molecule has 1 amide bonds. The zero-order valence-electron chi connectivity index (χ0n) is 11.9. The van der Waals surface area contributed by atoms with Gasteiger partial charge in [-0.05, 0) is 62.9 Å². The predicted molar refractivity (Wildman–Crippen MR) is 76.2 cm³/mol. The molecule has 3 nitrogen and oxygen atoms in total. The largest absolute Gasteiger partial charge is 0.334 e. The van der Waals surface area contributed by atoms with E-state index in [0.717, 1.165) is 32.4 Å². The van der Waals surface area contributed by atoms with Crippen LogP contribution < -0.4 is 5.32 Å². The molecule has 1 aliphatic carbocycles. The molecule has 0 unspecified atom stereocenters. The third-order valence-electron chi connectivity index (χ3n) is 4.23. The van der Waals surface area contributed by atoms with Gasteiger partial charge in [-0.2, -0.15) is 0 Å². The van der Waals surface area contributed by atoms with Crippen molar-refractivity contribution in [2.24, 2.45) is 0 Å². The molecular weight excluding hydrogens is 255 g/mol. The van der Waals surface area contributed by atoms with Crippen molar-refractivity contribution in [3.05, 3.63) is 35.1 Å². The molecule has 1 N–H and O–H groups in total. The zero-order chi connectivity index (χ0) is 14.1. The Bertz CT molecular complexity index is 507. The van der Waals surface area contributed by atoms with Crippen molar-refractivity contribution < 1.29 is 9.18 Å². The van der Waals surface area contributed by atoms with Crippen LogP contribution >= 0.6 is 0 Å². The molecule has 1 saturated heterocycles. The molecule has 108 valence electrons. The number of halogens is 1. The Morgan fingerprint density at radius 2 is 2.20 bits per heavy atom. The van der Waals surface area contributed by atoms with Gasteiger partial charge in [-0.25, -0.2) is 4.39 Å². The first-order valence-electron chi connectivity index (χ1n) is 7.45. The summed E-state index contributed by atoms with van der Waals surface area (Å²) in [6.45, 7) is 3.53. The molecule has 20 heavy (non-hydrogen) atoms. The molecule has 3 rings (SSSR count). The highest BCUT2D eigenvalue weighted by Crippen LogP contribution is 2.29. The van der Waals surface area contributed by atoms with Gasteiger partial charge in [-0.1, -0.05) is 0 Å². The van der Waals surface area contributed by atoms with Crippen LogP contribution in [0, 0.1) is 12.7 Å². The van der Waals surface area contributed by atoms with Gasteiger partial charge in [0.2, 0.25) is 0 Å². The quantitative estimate of drug-likeness (QED) is 0.916. The first-order valence-corrected chi connectivity index (χ1v) is 7.45. The van der Waals surface area contributed by atoms with Crippen molar-refractivity contribution >= 4 is 5.91 Å². The van der Waals surface area contributed by atoms with Crippen LogP contribution in [0.3, 0.4) is 0 Å². The lowest BCUT2D eigenvalue weighted by Crippen LogP contribution is -2.42. The number of hydrogen-bond donors (Lipinski definition) is 1. The van der Waals surface area contributed by atoms with Gasteiger partial charge in [-0.15, -0.1) is 0 Å². The molecule has 4 heteroatoms. The first kappa shape index (κ1) is 13.6. The Morgan fingerprint density at radius 3 is 2.80 bits per heavy atom. The lowest BCUT2D eigenvalue weighted by atomic mass is 10.1. The minimum absolute atomic E-state index is 0.0456. The van der Waals surface area contributed by atoms with E-state index in [0.29, 0.717) is 23.2 Å². The number of hydrogen-bond acceptors (Lipinski definition) is 2. The summed E-state index contributed by atoms with van der Waals surface area (Å²) < 4.78 is 13.3. The van der Waals surface area contributed by atoms with Crippen molar-refractivity contribution in [3.8, 4) is 0 Å². The van der Waals surface area contributed by atoms with Crippen LogP contribution in [0.5, 0.6) is 0 Å². The van der Waals surface area contributed by atoms with Crippen LogP contribution in [0.4, 0.5) is 4.39 Å². The van der Waals surface area contributed by atoms with E-state index in [4.69, 9.17) is 0 Å². The molecule has 1 heterocycles. The SMILES string of the molecule is Cc1cc(C(=O)N(C[C@@H]2CCCN2)C2CC2)ccc1F. The second-order valence-corrected chi connectivity index (χ2v) is 5.95. The smallest absolute Gasteiger partial charge is 0.254 e. The summed E-state index contributed by atoms with van der Waals surface area (Å²) in [6.07, 6.45) is 4.52. The molecule has 1 aromatic carbocycles. The van der Waals surface area contributed by atoms with E-state index < -0.39 is 0 Å². The van der Waals surface area contributed by atoms with Crippen LogP contribution in [0.25, 0.3) is 0 Å². The molecule has 0 bridgehead atoms. The summed E-state index contributed by atoms with van der Waals surface area (Å²) in [7, 11) is 0. The van der Waals surface area contributed by atoms with Crippen LogP contribution in [-0.2, 0) is 0 Å². The Hall–Kier alpha value is -1.42. The van der Waals surface area contributed by atoms with E-state index in [2.05, 4.69) is 5.32 Å². The highest BCUT2D eigenvalue weighted by Gasteiger charge is 2.35. The second-order valence-electron chi connectivity index (χ2n) is 5.95. The average Bonchev–Trinajstić information content (AvgIpc) is 3.15. The van der Waals surface area contributed by atoms with Crippen LogP contribution in [0.2, 0.25) is 0 Å². The van der Waals surface area contributed by atoms with Crippen molar-refractivity contribution in [1.82, 2.24) is 10.2 Å². The van der Waals surface area contributed by atoms with Gasteiger partial charge in [-0.3, -0.25) is 4.79 Å². The van der Waals surface area contributed by atoms with Gasteiger partial charge in [0, 0.05) is 24.2 Å². The van der Waals surface area contributed by atoms with E-state index >= 15 is 0 Å². The van der Waals surface area contributed by atoms with Crippen molar-refractivity contribution in [2.45, 2.75) is 44.7 Å². The topological polar surface area (TPSA) is 32.3 Å². The van der Waals surface area contributed by atoms with E-state index in [9.17, 15) is 9.18 Å². The van der Waals surface area contributed by atoms with Gasteiger partial charge in [0.15, 0.2) is 0 Å². The number of benzene rings is 1. The maximum Gasteiger partial charge on any atom is 0.254 e. The number of aryl methyl sites for hydroxylation is 1. The van der Waals surface area contributed by atoms with Crippen molar-refractivity contribution in [2.75, 3.05) is 13.1 Å². The van der Waals surface area contributed by atoms with Gasteiger partial charge >= 0.3 is 0 Å². The summed E-state index contributed by atoms with van der Waals surface area (Å²) in [5.74, 6) is -0.207. The molecule has 2 fully saturated rings. The van der Waals surface area contributed by atoms with Crippen molar-refractivity contribution in [3.63, 3.8) is 0 Å². The van der Waals surface area contributed by atoms with Gasteiger partial charge < -0.3 is 10.2 Å². The molecule has 1 aromatic rings. The number of amides is 1. The van der Waals surface area contributed by atoms with E-state index in [-0.39, 0.29) is 11.7 Å². The maximum absolute atomic E-state index is 13.3. The summed E-state index contributed by atoms with van der Waals surface area (Å²) in [4.78, 5) is 14.6. The number of carbonyl (C=O) groups is 1. The predicted octanol–water partition coefficient (Wildman–Crippen LogP) is 2.49. The molecule has 0 radical (unpaired) electrons. The average molecular weight is 276 g/mol. The maximum atomic E-state index is 13.3. The molecule has 2 aliphatic rings. The fourth-order valence-electron chi connectivity index (χ4n) is 2.88. The number of rotatable bonds is 4. The van der Waals surface area contributed by atoms with Gasteiger partial charge in [0.05, 0.1) is 0 Å². The Labute approximate surface area is 119 Å². The fraction of sp³-hybridized carbons (Fsp3) is 0.562. The minimum Gasteiger partial charge on any atom is -0.334 e. The second kappa shape index (κ2) is 5.52. The normalized spacial score (nSPS) is 22.0. The standard InChI is InChI=1S/C16H21FN2O/c1-11-9-12(4-7-15(11)17)16(20)19(14-5-6-14)10-13-3-2-8-18-13/h4,7,9,13-14,18H,2-3,5-6,8,10H2,1H3/t13-/m0/s1. The van der Waals surface area contributed by atoms with Crippen molar-refractivity contribution in [1.29, 1.82) is 0 Å². The summed E-state index contributed by atoms with van der Waals surface area (Å²) in [5, 5.41) is 3.44. The summed E-state index contributed by atoms with van der Waals surface area (Å²) in [6, 6.07) is 5.45. The summed E-state index contributed by atoms with van der Waals surface area (Å²) >= 11 is 0. The van der Waals surface area contributed by atoms with Crippen LogP contribution in [0.1, 0.15) is 41.6 Å². The monoisotopic (exact) mass is 276 g/mol. The van der Waals surface area contributed by atoms with E-state index in [1.54, 1.807) is 19.1 Å². The molecule has 1 atom stereocenters.